The molecule has 0 radical (unpaired) electrons. The predicted molar refractivity (Wildman–Crippen MR) is 70.8 cm³/mol. The zero-order valence-corrected chi connectivity index (χ0v) is 11.2. The summed E-state index contributed by atoms with van der Waals surface area (Å²) in [5.74, 6) is -0.000433. The lowest BCUT2D eigenvalue weighted by molar-refractivity contribution is 0.0474. The van der Waals surface area contributed by atoms with Crippen LogP contribution in [-0.2, 0) is 0 Å². The first-order valence-electron chi connectivity index (χ1n) is 6.25. The minimum atomic E-state index is -0.231. The van der Waals surface area contributed by atoms with Gasteiger partial charge in [-0.2, -0.15) is 0 Å². The van der Waals surface area contributed by atoms with Gasteiger partial charge < -0.3 is 15.3 Å². The molecule has 4 nitrogen and oxygen atoms in total. The van der Waals surface area contributed by atoms with Gasteiger partial charge in [-0.25, -0.2) is 0 Å². The average molecular weight is 248 g/mol. The molecule has 18 heavy (non-hydrogen) atoms. The van der Waals surface area contributed by atoms with E-state index in [1.54, 1.807) is 25.1 Å². The maximum absolute atomic E-state index is 12.5. The SMILES string of the molecule is Cc1cccc(C(=O)N2CCNCC2(C)C)c1O. The van der Waals surface area contributed by atoms with Gasteiger partial charge in [0.15, 0.2) is 0 Å². The zero-order chi connectivity index (χ0) is 13.3. The van der Waals surface area contributed by atoms with Crippen molar-refractivity contribution in [1.29, 1.82) is 0 Å². The largest absolute Gasteiger partial charge is 0.507 e. The third-order valence-electron chi connectivity index (χ3n) is 3.51. The van der Waals surface area contributed by atoms with E-state index in [4.69, 9.17) is 0 Å². The average Bonchev–Trinajstić information content (AvgIpc) is 2.31. The van der Waals surface area contributed by atoms with E-state index in [2.05, 4.69) is 5.32 Å². The van der Waals surface area contributed by atoms with Crippen molar-refractivity contribution in [1.82, 2.24) is 10.2 Å². The number of piperazine rings is 1. The number of rotatable bonds is 1. The van der Waals surface area contributed by atoms with Gasteiger partial charge >= 0.3 is 0 Å². The smallest absolute Gasteiger partial charge is 0.258 e. The fourth-order valence-electron chi connectivity index (χ4n) is 2.34. The molecule has 1 amide bonds. The number of nitrogens with one attached hydrogen (secondary N) is 1. The summed E-state index contributed by atoms with van der Waals surface area (Å²) in [6, 6.07) is 5.29. The van der Waals surface area contributed by atoms with Crippen LogP contribution in [0, 0.1) is 6.92 Å². The first-order valence-corrected chi connectivity index (χ1v) is 6.25. The Morgan fingerprint density at radius 1 is 1.44 bits per heavy atom. The summed E-state index contributed by atoms with van der Waals surface area (Å²) in [5.41, 5.74) is 0.893. The molecule has 0 spiro atoms. The van der Waals surface area contributed by atoms with Crippen LogP contribution in [0.25, 0.3) is 0 Å². The monoisotopic (exact) mass is 248 g/mol. The van der Waals surface area contributed by atoms with E-state index in [-0.39, 0.29) is 17.2 Å². The molecule has 0 atom stereocenters. The number of benzene rings is 1. The Hall–Kier alpha value is -1.55. The van der Waals surface area contributed by atoms with Crippen molar-refractivity contribution in [3.63, 3.8) is 0 Å². The number of aryl methyl sites for hydroxylation is 1. The van der Waals surface area contributed by atoms with E-state index in [0.29, 0.717) is 12.1 Å². The second-order valence-electron chi connectivity index (χ2n) is 5.42. The highest BCUT2D eigenvalue weighted by Crippen LogP contribution is 2.26. The summed E-state index contributed by atoms with van der Waals surface area (Å²) in [4.78, 5) is 14.4. The first-order chi connectivity index (χ1) is 8.43. The number of carbonyl (C=O) groups is 1. The number of carbonyl (C=O) groups excluding carboxylic acids is 1. The van der Waals surface area contributed by atoms with Gasteiger partial charge in [0, 0.05) is 19.6 Å². The number of hydrogen-bond acceptors (Lipinski definition) is 3. The summed E-state index contributed by atoms with van der Waals surface area (Å²) in [6.07, 6.45) is 0. The molecule has 1 aliphatic rings. The Morgan fingerprint density at radius 2 is 2.17 bits per heavy atom. The van der Waals surface area contributed by atoms with Crippen LogP contribution in [-0.4, -0.2) is 41.1 Å². The lowest BCUT2D eigenvalue weighted by atomic mass is 9.98. The van der Waals surface area contributed by atoms with Crippen LogP contribution in [0.4, 0.5) is 0 Å². The van der Waals surface area contributed by atoms with Crippen molar-refractivity contribution >= 4 is 5.91 Å². The van der Waals surface area contributed by atoms with Gasteiger partial charge in [0.1, 0.15) is 5.75 Å². The van der Waals surface area contributed by atoms with E-state index in [0.717, 1.165) is 18.7 Å². The van der Waals surface area contributed by atoms with Crippen LogP contribution in [0.2, 0.25) is 0 Å². The van der Waals surface area contributed by atoms with Crippen molar-refractivity contribution in [3.05, 3.63) is 29.3 Å². The maximum Gasteiger partial charge on any atom is 0.258 e. The normalized spacial score (nSPS) is 18.7. The molecule has 2 N–H and O–H groups in total. The van der Waals surface area contributed by atoms with Gasteiger partial charge in [-0.3, -0.25) is 4.79 Å². The van der Waals surface area contributed by atoms with E-state index in [1.807, 2.05) is 18.7 Å². The highest BCUT2D eigenvalue weighted by atomic mass is 16.3. The zero-order valence-electron chi connectivity index (χ0n) is 11.2. The standard InChI is InChI=1S/C14H20N2O2/c1-10-5-4-6-11(12(10)17)13(18)16-8-7-15-9-14(16,2)3/h4-6,15,17H,7-9H2,1-3H3. The molecule has 1 heterocycles. The van der Waals surface area contributed by atoms with Gasteiger partial charge in [-0.05, 0) is 32.4 Å². The first kappa shape index (κ1) is 12.9. The molecule has 0 bridgehead atoms. The highest BCUT2D eigenvalue weighted by Gasteiger charge is 2.34. The highest BCUT2D eigenvalue weighted by molar-refractivity contribution is 5.97. The third kappa shape index (κ3) is 2.20. The Bertz CT molecular complexity index is 469. The molecule has 1 saturated heterocycles. The van der Waals surface area contributed by atoms with Crippen LogP contribution in [0.15, 0.2) is 18.2 Å². The van der Waals surface area contributed by atoms with E-state index in [9.17, 15) is 9.90 Å². The topological polar surface area (TPSA) is 52.6 Å². The van der Waals surface area contributed by atoms with Gasteiger partial charge in [-0.1, -0.05) is 12.1 Å². The van der Waals surface area contributed by atoms with Gasteiger partial charge in [0.2, 0.25) is 0 Å². The van der Waals surface area contributed by atoms with Gasteiger partial charge in [0.05, 0.1) is 11.1 Å². The molecular weight excluding hydrogens is 228 g/mol. The number of para-hydroxylation sites is 1. The molecule has 1 aliphatic heterocycles. The summed E-state index contributed by atoms with van der Waals surface area (Å²) in [7, 11) is 0. The van der Waals surface area contributed by atoms with Crippen LogP contribution in [0.3, 0.4) is 0 Å². The summed E-state index contributed by atoms with van der Waals surface area (Å²) in [6.45, 7) is 8.09. The molecule has 1 aromatic carbocycles. The van der Waals surface area contributed by atoms with Crippen molar-refractivity contribution in [2.45, 2.75) is 26.3 Å². The summed E-state index contributed by atoms with van der Waals surface area (Å²) < 4.78 is 0. The molecule has 98 valence electrons. The molecule has 1 fully saturated rings. The number of phenols is 1. The molecule has 0 unspecified atom stereocenters. The minimum Gasteiger partial charge on any atom is -0.507 e. The molecule has 2 rings (SSSR count). The van der Waals surface area contributed by atoms with E-state index >= 15 is 0 Å². The quantitative estimate of drug-likeness (QED) is 0.792. The number of aromatic hydroxyl groups is 1. The van der Waals surface area contributed by atoms with Crippen LogP contribution < -0.4 is 5.32 Å². The predicted octanol–water partition coefficient (Wildman–Crippen LogP) is 1.52. The number of nitrogens with zero attached hydrogens (tertiary/aromatic N) is 1. The Morgan fingerprint density at radius 3 is 2.83 bits per heavy atom. The van der Waals surface area contributed by atoms with Crippen molar-refractivity contribution in [3.8, 4) is 5.75 Å². The summed E-state index contributed by atoms with van der Waals surface area (Å²) in [5, 5.41) is 13.3. The molecule has 1 aromatic rings. The Balaban J connectivity index is 2.33. The number of hydrogen-bond donors (Lipinski definition) is 2. The molecule has 0 saturated carbocycles. The fraction of sp³-hybridized carbons (Fsp3) is 0.500. The Kier molecular flexibility index (Phi) is 3.30. The van der Waals surface area contributed by atoms with E-state index in [1.165, 1.54) is 0 Å². The second-order valence-corrected chi connectivity index (χ2v) is 5.42. The second kappa shape index (κ2) is 4.61. The van der Waals surface area contributed by atoms with Crippen molar-refractivity contribution < 1.29 is 9.90 Å². The number of phenolic OH excluding ortho intramolecular Hbond substituents is 1. The van der Waals surface area contributed by atoms with Gasteiger partial charge in [-0.15, -0.1) is 0 Å². The lowest BCUT2D eigenvalue weighted by Crippen LogP contribution is -2.59. The lowest BCUT2D eigenvalue weighted by Gasteiger charge is -2.43. The Labute approximate surface area is 108 Å². The molecular formula is C14H20N2O2. The maximum atomic E-state index is 12.5. The molecule has 0 aromatic heterocycles. The third-order valence-corrected chi connectivity index (χ3v) is 3.51. The molecule has 4 heteroatoms. The van der Waals surface area contributed by atoms with E-state index < -0.39 is 0 Å². The molecule has 0 aliphatic carbocycles. The van der Waals surface area contributed by atoms with Crippen LogP contribution in [0.1, 0.15) is 29.8 Å². The minimum absolute atomic E-state index is 0.0943. The van der Waals surface area contributed by atoms with Gasteiger partial charge in [0.25, 0.3) is 5.91 Å². The summed E-state index contributed by atoms with van der Waals surface area (Å²) >= 11 is 0. The van der Waals surface area contributed by atoms with Crippen molar-refractivity contribution in [2.24, 2.45) is 0 Å². The number of amides is 1. The fourth-order valence-corrected chi connectivity index (χ4v) is 2.34. The van der Waals surface area contributed by atoms with Crippen LogP contribution in [0.5, 0.6) is 5.75 Å². The van der Waals surface area contributed by atoms with Crippen LogP contribution >= 0.6 is 0 Å². The van der Waals surface area contributed by atoms with Crippen molar-refractivity contribution in [2.75, 3.05) is 19.6 Å².